The van der Waals surface area contributed by atoms with E-state index in [2.05, 4.69) is 19.2 Å². The average Bonchev–Trinajstić information content (AvgIpc) is 3.32. The molecule has 1 amide bonds. The maximum Gasteiger partial charge on any atom is 0.305 e. The molecule has 0 heterocycles. The molecule has 0 aromatic heterocycles. The number of nitrogens with one attached hydrogen (secondary N) is 1. The van der Waals surface area contributed by atoms with Crippen LogP contribution < -0.4 is 5.32 Å². The van der Waals surface area contributed by atoms with E-state index in [1.54, 1.807) is 0 Å². The number of unbranched alkanes of at least 4 members (excludes halogenated alkanes) is 46. The number of carbonyl (C=O) groups excluding carboxylic acids is 2. The van der Waals surface area contributed by atoms with Crippen LogP contribution in [0.1, 0.15) is 348 Å². The minimum Gasteiger partial charge on any atom is -0.466 e. The Morgan fingerprint density at radius 1 is 0.364 bits per heavy atom. The molecule has 0 spiro atoms. The van der Waals surface area contributed by atoms with Gasteiger partial charge in [-0.25, -0.2) is 0 Å². The molecule has 3 N–H and O–H groups in total. The van der Waals surface area contributed by atoms with Gasteiger partial charge >= 0.3 is 5.97 Å². The van der Waals surface area contributed by atoms with Gasteiger partial charge in [-0.05, 0) is 25.7 Å². The monoisotopic (exact) mass is 934 g/mol. The molecular weight excluding hydrogens is 815 g/mol. The van der Waals surface area contributed by atoms with E-state index < -0.39 is 12.1 Å². The van der Waals surface area contributed by atoms with Gasteiger partial charge in [-0.3, -0.25) is 9.59 Å². The first-order valence-corrected chi connectivity index (χ1v) is 30.3. The summed E-state index contributed by atoms with van der Waals surface area (Å²) in [5.74, 6) is -0.0180. The molecule has 0 aliphatic heterocycles. The summed E-state index contributed by atoms with van der Waals surface area (Å²) in [4.78, 5) is 24.5. The van der Waals surface area contributed by atoms with E-state index in [1.165, 1.54) is 276 Å². The molecule has 0 radical (unpaired) electrons. The summed E-state index contributed by atoms with van der Waals surface area (Å²) in [6.45, 7) is 4.97. The number of ether oxygens (including phenoxy) is 1. The summed E-state index contributed by atoms with van der Waals surface area (Å²) in [6, 6.07) is -0.540. The van der Waals surface area contributed by atoms with Crippen LogP contribution in [-0.2, 0) is 14.3 Å². The number of carbonyl (C=O) groups is 2. The first kappa shape index (κ1) is 64.9. The molecule has 0 saturated carbocycles. The fourth-order valence-electron chi connectivity index (χ4n) is 9.76. The van der Waals surface area contributed by atoms with Gasteiger partial charge in [0.15, 0.2) is 0 Å². The topological polar surface area (TPSA) is 95.9 Å². The van der Waals surface area contributed by atoms with Crippen molar-refractivity contribution in [3.8, 4) is 0 Å². The van der Waals surface area contributed by atoms with E-state index in [9.17, 15) is 19.8 Å². The summed E-state index contributed by atoms with van der Waals surface area (Å²) in [5.41, 5.74) is 0. The Hall–Kier alpha value is -1.14. The van der Waals surface area contributed by atoms with Crippen molar-refractivity contribution in [3.05, 3.63) is 0 Å². The lowest BCUT2D eigenvalue weighted by Gasteiger charge is -2.22. The Morgan fingerprint density at radius 2 is 0.621 bits per heavy atom. The first-order chi connectivity index (χ1) is 32.5. The summed E-state index contributed by atoms with van der Waals surface area (Å²) in [7, 11) is 0. The highest BCUT2D eigenvalue weighted by Crippen LogP contribution is 2.18. The molecule has 0 aromatic carbocycles. The van der Waals surface area contributed by atoms with Gasteiger partial charge in [0.05, 0.1) is 25.4 Å². The molecule has 0 aliphatic carbocycles. The Bertz CT molecular complexity index is 944. The van der Waals surface area contributed by atoms with E-state index in [1.807, 2.05) is 0 Å². The van der Waals surface area contributed by atoms with Gasteiger partial charge in [-0.2, -0.15) is 0 Å². The quantitative estimate of drug-likeness (QED) is 0.0417. The van der Waals surface area contributed by atoms with Crippen LogP contribution in [0.3, 0.4) is 0 Å². The summed E-state index contributed by atoms with van der Waals surface area (Å²) in [5, 5.41) is 23.2. The number of aliphatic hydroxyl groups excluding tert-OH is 2. The van der Waals surface area contributed by atoms with Gasteiger partial charge in [0, 0.05) is 12.8 Å². The van der Waals surface area contributed by atoms with Crippen LogP contribution in [-0.4, -0.2) is 47.4 Å². The second-order valence-electron chi connectivity index (χ2n) is 21.1. The first-order valence-electron chi connectivity index (χ1n) is 30.3. The van der Waals surface area contributed by atoms with Crippen molar-refractivity contribution >= 4 is 11.9 Å². The van der Waals surface area contributed by atoms with Gasteiger partial charge < -0.3 is 20.3 Å². The van der Waals surface area contributed by atoms with Gasteiger partial charge in [-0.15, -0.1) is 0 Å². The molecule has 0 saturated heterocycles. The highest BCUT2D eigenvalue weighted by atomic mass is 16.5. The predicted octanol–water partition coefficient (Wildman–Crippen LogP) is 18.7. The second kappa shape index (κ2) is 56.4. The van der Waals surface area contributed by atoms with Gasteiger partial charge in [-0.1, -0.05) is 309 Å². The van der Waals surface area contributed by atoms with Crippen molar-refractivity contribution in [2.24, 2.45) is 0 Å². The Labute approximate surface area is 413 Å². The molecular formula is C60H119NO5. The fourth-order valence-corrected chi connectivity index (χ4v) is 9.76. The van der Waals surface area contributed by atoms with Crippen LogP contribution >= 0.6 is 0 Å². The molecule has 6 nitrogen and oxygen atoms in total. The number of aliphatic hydroxyl groups is 2. The van der Waals surface area contributed by atoms with E-state index >= 15 is 0 Å². The number of esters is 1. The van der Waals surface area contributed by atoms with Gasteiger partial charge in [0.1, 0.15) is 0 Å². The highest BCUT2D eigenvalue weighted by Gasteiger charge is 2.20. The molecule has 0 fully saturated rings. The predicted molar refractivity (Wildman–Crippen MR) is 287 cm³/mol. The lowest BCUT2D eigenvalue weighted by Crippen LogP contribution is -2.45. The third-order valence-corrected chi connectivity index (χ3v) is 14.4. The summed E-state index contributed by atoms with van der Waals surface area (Å²) < 4.78 is 5.49. The molecule has 0 aliphatic rings. The van der Waals surface area contributed by atoms with Crippen LogP contribution in [0.5, 0.6) is 0 Å². The zero-order valence-corrected chi connectivity index (χ0v) is 45.0. The maximum atomic E-state index is 12.5. The number of rotatable bonds is 57. The van der Waals surface area contributed by atoms with Crippen LogP contribution in [0.15, 0.2) is 0 Å². The van der Waals surface area contributed by atoms with Crippen LogP contribution in [0.25, 0.3) is 0 Å². The molecule has 0 aromatic rings. The second-order valence-corrected chi connectivity index (χ2v) is 21.1. The van der Waals surface area contributed by atoms with Crippen LogP contribution in [0.2, 0.25) is 0 Å². The van der Waals surface area contributed by atoms with E-state index in [-0.39, 0.29) is 18.5 Å². The lowest BCUT2D eigenvalue weighted by molar-refractivity contribution is -0.143. The van der Waals surface area contributed by atoms with Crippen molar-refractivity contribution in [3.63, 3.8) is 0 Å². The standard InChI is InChI=1S/C60H119NO5/c1-3-5-7-9-11-13-15-17-18-27-30-34-38-42-46-50-54-60(65)66-55-51-47-43-39-35-31-28-25-23-21-19-20-22-24-26-29-33-37-41-45-49-53-59(64)61-57(56-62)58(63)52-48-44-40-36-32-16-14-12-10-8-6-4-2/h57-58,62-63H,3-56H2,1-2H3,(H,61,64). The van der Waals surface area contributed by atoms with Gasteiger partial charge in [0.25, 0.3) is 0 Å². The SMILES string of the molecule is CCCCCCCCCCCCCCCCCCC(=O)OCCCCCCCCCCCCCCCCCCCCCCCC(=O)NC(CO)C(O)CCCCCCCCCCCCCC. The van der Waals surface area contributed by atoms with Crippen LogP contribution in [0.4, 0.5) is 0 Å². The van der Waals surface area contributed by atoms with Gasteiger partial charge in [0.2, 0.25) is 5.91 Å². The number of hydrogen-bond acceptors (Lipinski definition) is 5. The highest BCUT2D eigenvalue weighted by molar-refractivity contribution is 5.76. The van der Waals surface area contributed by atoms with Crippen molar-refractivity contribution < 1.29 is 24.5 Å². The Balaban J connectivity index is 3.34. The Kier molecular flexibility index (Phi) is 55.5. The third kappa shape index (κ3) is 52.2. The summed E-state index contributed by atoms with van der Waals surface area (Å²) in [6.07, 6.45) is 65.4. The van der Waals surface area contributed by atoms with E-state index in [0.29, 0.717) is 25.9 Å². The maximum absolute atomic E-state index is 12.5. The van der Waals surface area contributed by atoms with E-state index in [4.69, 9.17) is 4.74 Å². The molecule has 2 atom stereocenters. The zero-order valence-electron chi connectivity index (χ0n) is 45.0. The third-order valence-electron chi connectivity index (χ3n) is 14.4. The largest absolute Gasteiger partial charge is 0.466 e. The fraction of sp³-hybridized carbons (Fsp3) is 0.967. The van der Waals surface area contributed by atoms with Crippen LogP contribution in [0, 0.1) is 0 Å². The smallest absolute Gasteiger partial charge is 0.305 e. The summed E-state index contributed by atoms with van der Waals surface area (Å²) >= 11 is 0. The normalized spacial score (nSPS) is 12.5. The van der Waals surface area contributed by atoms with Crippen molar-refractivity contribution in [1.29, 1.82) is 0 Å². The molecule has 0 rings (SSSR count). The van der Waals surface area contributed by atoms with Crippen molar-refractivity contribution in [1.82, 2.24) is 5.32 Å². The number of amides is 1. The zero-order chi connectivity index (χ0) is 47.9. The average molecular weight is 935 g/mol. The minimum absolute atomic E-state index is 0.0163. The van der Waals surface area contributed by atoms with Crippen molar-refractivity contribution in [2.45, 2.75) is 360 Å². The lowest BCUT2D eigenvalue weighted by atomic mass is 10.0. The van der Waals surface area contributed by atoms with E-state index in [0.717, 1.165) is 38.5 Å². The molecule has 2 unspecified atom stereocenters. The molecule has 6 heteroatoms. The molecule has 66 heavy (non-hydrogen) atoms. The Morgan fingerprint density at radius 3 is 0.924 bits per heavy atom. The molecule has 394 valence electrons. The molecule has 0 bridgehead atoms. The van der Waals surface area contributed by atoms with Crippen molar-refractivity contribution in [2.75, 3.05) is 13.2 Å². The number of hydrogen-bond donors (Lipinski definition) is 3. The minimum atomic E-state index is -0.662.